The highest BCUT2D eigenvalue weighted by Gasteiger charge is 2.33. The molecule has 1 aliphatic heterocycles. The standard InChI is InChI=1S/C25H39NO3S/c1-25(2,3)21-13-11-20(12-14-21)19-30(28)23-10-6-5-9-22(23)29-24(27)15-18-26-16-7-4-8-17-26/h11-14,22-23H,4-10,15-19H2,1-3H3/p+1/t22-,23-,30-/m0/s1. The van der Waals surface area contributed by atoms with E-state index in [1.807, 2.05) is 0 Å². The molecule has 1 aromatic rings. The van der Waals surface area contributed by atoms with Crippen molar-refractivity contribution in [3.63, 3.8) is 0 Å². The van der Waals surface area contributed by atoms with Crippen LogP contribution >= 0.6 is 0 Å². The van der Waals surface area contributed by atoms with E-state index < -0.39 is 10.8 Å². The van der Waals surface area contributed by atoms with Crippen molar-refractivity contribution in [2.24, 2.45) is 0 Å². The number of esters is 1. The predicted molar refractivity (Wildman–Crippen MR) is 123 cm³/mol. The van der Waals surface area contributed by atoms with E-state index in [1.54, 1.807) is 0 Å². The van der Waals surface area contributed by atoms with Crippen LogP contribution in [0.3, 0.4) is 0 Å². The lowest BCUT2D eigenvalue weighted by atomic mass is 9.87. The molecule has 2 fully saturated rings. The van der Waals surface area contributed by atoms with E-state index in [4.69, 9.17) is 4.74 Å². The molecule has 1 N–H and O–H groups in total. The molecule has 0 amide bonds. The molecule has 0 bridgehead atoms. The highest BCUT2D eigenvalue weighted by Crippen LogP contribution is 2.28. The van der Waals surface area contributed by atoms with E-state index in [9.17, 15) is 9.00 Å². The lowest BCUT2D eigenvalue weighted by molar-refractivity contribution is -0.904. The summed E-state index contributed by atoms with van der Waals surface area (Å²) in [5, 5.41) is -0.0349. The topological polar surface area (TPSA) is 47.8 Å². The van der Waals surface area contributed by atoms with Crippen LogP contribution in [0.5, 0.6) is 0 Å². The van der Waals surface area contributed by atoms with Gasteiger partial charge < -0.3 is 9.64 Å². The lowest BCUT2D eigenvalue weighted by Gasteiger charge is -2.31. The molecule has 3 rings (SSSR count). The molecule has 168 valence electrons. The monoisotopic (exact) mass is 434 g/mol. The largest absolute Gasteiger partial charge is 0.461 e. The zero-order chi connectivity index (χ0) is 21.6. The Labute approximate surface area is 185 Å². The molecule has 1 saturated carbocycles. The second-order valence-electron chi connectivity index (χ2n) is 10.1. The van der Waals surface area contributed by atoms with Gasteiger partial charge in [-0.3, -0.25) is 9.00 Å². The first-order valence-electron chi connectivity index (χ1n) is 11.8. The van der Waals surface area contributed by atoms with Crippen LogP contribution in [0.25, 0.3) is 0 Å². The summed E-state index contributed by atoms with van der Waals surface area (Å²) >= 11 is 0. The summed E-state index contributed by atoms with van der Waals surface area (Å²) in [7, 11) is -1.02. The average Bonchev–Trinajstić information content (AvgIpc) is 2.73. The second-order valence-corrected chi connectivity index (χ2v) is 11.8. The van der Waals surface area contributed by atoms with Gasteiger partial charge in [-0.15, -0.1) is 0 Å². The van der Waals surface area contributed by atoms with Crippen LogP contribution in [0, 0.1) is 0 Å². The maximum Gasteiger partial charge on any atom is 0.311 e. The summed E-state index contributed by atoms with van der Waals surface area (Å²) in [6.45, 7) is 9.84. The van der Waals surface area contributed by atoms with Gasteiger partial charge in [0.15, 0.2) is 0 Å². The summed E-state index contributed by atoms with van der Waals surface area (Å²) in [6.07, 6.45) is 8.04. The van der Waals surface area contributed by atoms with Crippen LogP contribution in [0.1, 0.15) is 83.3 Å². The Kier molecular flexibility index (Phi) is 8.52. The van der Waals surface area contributed by atoms with Crippen LogP contribution in [0.15, 0.2) is 24.3 Å². The molecule has 1 heterocycles. The summed E-state index contributed by atoms with van der Waals surface area (Å²) in [6, 6.07) is 8.50. The number of hydrogen-bond acceptors (Lipinski definition) is 3. The van der Waals surface area contributed by atoms with Crippen LogP contribution in [0.2, 0.25) is 0 Å². The number of quaternary nitrogens is 1. The maximum atomic E-state index is 13.2. The lowest BCUT2D eigenvalue weighted by Crippen LogP contribution is -3.12. The van der Waals surface area contributed by atoms with E-state index in [1.165, 1.54) is 42.8 Å². The van der Waals surface area contributed by atoms with Gasteiger partial charge in [0.05, 0.1) is 31.3 Å². The van der Waals surface area contributed by atoms with Crippen molar-refractivity contribution in [1.29, 1.82) is 0 Å². The number of ether oxygens (including phenoxy) is 1. The smallest absolute Gasteiger partial charge is 0.311 e. The van der Waals surface area contributed by atoms with Crippen LogP contribution in [0.4, 0.5) is 0 Å². The molecule has 0 unspecified atom stereocenters. The van der Waals surface area contributed by atoms with Gasteiger partial charge in [-0.1, -0.05) is 51.5 Å². The van der Waals surface area contributed by atoms with Gasteiger partial charge in [0.1, 0.15) is 6.10 Å². The molecule has 1 aliphatic carbocycles. The summed E-state index contributed by atoms with van der Waals surface area (Å²) in [4.78, 5) is 14.0. The maximum absolute atomic E-state index is 13.2. The number of carbonyl (C=O) groups is 1. The highest BCUT2D eigenvalue weighted by atomic mass is 32.2. The Morgan fingerprint density at radius 1 is 1.03 bits per heavy atom. The van der Waals surface area contributed by atoms with Gasteiger partial charge >= 0.3 is 5.97 Å². The predicted octanol–water partition coefficient (Wildman–Crippen LogP) is 3.55. The molecule has 2 aliphatic rings. The van der Waals surface area contributed by atoms with Crippen molar-refractivity contribution < 1.29 is 18.6 Å². The van der Waals surface area contributed by atoms with Crippen LogP contribution in [-0.2, 0) is 31.5 Å². The summed E-state index contributed by atoms with van der Waals surface area (Å²) < 4.78 is 19.0. The van der Waals surface area contributed by atoms with Gasteiger partial charge in [0.25, 0.3) is 0 Å². The molecule has 0 radical (unpaired) electrons. The molecule has 0 spiro atoms. The Hall–Kier alpha value is -1.20. The summed E-state index contributed by atoms with van der Waals surface area (Å²) in [5.74, 6) is 0.442. The van der Waals surface area contributed by atoms with Gasteiger partial charge in [0, 0.05) is 16.6 Å². The Bertz CT molecular complexity index is 704. The average molecular weight is 435 g/mol. The van der Waals surface area contributed by atoms with Crippen molar-refractivity contribution in [2.45, 2.75) is 94.7 Å². The molecule has 30 heavy (non-hydrogen) atoms. The van der Waals surface area contributed by atoms with E-state index in [2.05, 4.69) is 45.0 Å². The number of carbonyl (C=O) groups excluding carboxylic acids is 1. The van der Waals surface area contributed by atoms with E-state index >= 15 is 0 Å². The normalized spacial score (nSPS) is 24.4. The van der Waals surface area contributed by atoms with Gasteiger partial charge in [0.2, 0.25) is 0 Å². The van der Waals surface area contributed by atoms with Crippen LogP contribution in [-0.4, -0.2) is 41.2 Å². The molecule has 1 saturated heterocycles. The third kappa shape index (κ3) is 6.91. The molecular formula is C25H40NO3S+. The summed E-state index contributed by atoms with van der Waals surface area (Å²) in [5.41, 5.74) is 2.51. The number of rotatable bonds is 7. The minimum absolute atomic E-state index is 0.0349. The molecule has 4 nitrogen and oxygen atoms in total. The fourth-order valence-electron chi connectivity index (χ4n) is 4.68. The minimum atomic E-state index is -1.02. The molecule has 1 aromatic carbocycles. The number of piperidine rings is 1. The van der Waals surface area contributed by atoms with Crippen molar-refractivity contribution in [3.05, 3.63) is 35.4 Å². The second kappa shape index (κ2) is 10.9. The van der Waals surface area contributed by atoms with E-state index in [0.29, 0.717) is 12.2 Å². The van der Waals surface area contributed by atoms with Gasteiger partial charge in [-0.2, -0.15) is 0 Å². The SMILES string of the molecule is CC(C)(C)c1ccc(C[S@](=O)[C@H]2CCCC[C@@H]2OC(=O)CC[NH+]2CCCCC2)cc1. The first-order chi connectivity index (χ1) is 14.3. The zero-order valence-electron chi connectivity index (χ0n) is 19.1. The van der Waals surface area contributed by atoms with Crippen LogP contribution < -0.4 is 4.90 Å². The Morgan fingerprint density at radius 2 is 1.70 bits per heavy atom. The quantitative estimate of drug-likeness (QED) is 0.668. The number of hydrogen-bond donors (Lipinski definition) is 1. The fraction of sp³-hybridized carbons (Fsp3) is 0.720. The van der Waals surface area contributed by atoms with Crippen molar-refractivity contribution >= 4 is 16.8 Å². The first kappa shape index (κ1) is 23.5. The molecule has 0 aromatic heterocycles. The minimum Gasteiger partial charge on any atom is -0.461 e. The zero-order valence-corrected chi connectivity index (χ0v) is 19.9. The van der Waals surface area contributed by atoms with E-state index in [0.717, 1.165) is 37.8 Å². The van der Waals surface area contributed by atoms with E-state index in [-0.39, 0.29) is 22.7 Å². The molecular weight excluding hydrogens is 394 g/mol. The van der Waals surface area contributed by atoms with Crippen molar-refractivity contribution in [3.8, 4) is 0 Å². The van der Waals surface area contributed by atoms with Gasteiger partial charge in [-0.05, 0) is 55.1 Å². The third-order valence-electron chi connectivity index (χ3n) is 6.63. The molecule has 5 heteroatoms. The third-order valence-corrected chi connectivity index (χ3v) is 8.47. The Balaban J connectivity index is 1.52. The van der Waals surface area contributed by atoms with Crippen molar-refractivity contribution in [2.75, 3.05) is 19.6 Å². The number of likely N-dealkylation sites (tertiary alicyclic amines) is 1. The Morgan fingerprint density at radius 3 is 2.37 bits per heavy atom. The highest BCUT2D eigenvalue weighted by molar-refractivity contribution is 7.84. The number of nitrogens with one attached hydrogen (secondary N) is 1. The molecule has 3 atom stereocenters. The number of benzene rings is 1. The first-order valence-corrected chi connectivity index (χ1v) is 13.2. The van der Waals surface area contributed by atoms with Gasteiger partial charge in [-0.25, -0.2) is 0 Å². The van der Waals surface area contributed by atoms with Crippen molar-refractivity contribution in [1.82, 2.24) is 0 Å². The fourth-order valence-corrected chi connectivity index (χ4v) is 6.37.